The summed E-state index contributed by atoms with van der Waals surface area (Å²) in [5.74, 6) is -0.288. The molecule has 7 nitrogen and oxygen atoms in total. The molecule has 0 saturated heterocycles. The number of hydrogen-bond acceptors (Lipinski definition) is 5. The summed E-state index contributed by atoms with van der Waals surface area (Å²) >= 11 is 1.36. The van der Waals surface area contributed by atoms with E-state index in [9.17, 15) is 9.59 Å². The number of aromatic nitrogens is 2. The van der Waals surface area contributed by atoms with E-state index in [-0.39, 0.29) is 17.6 Å². The van der Waals surface area contributed by atoms with Gasteiger partial charge in [0.05, 0.1) is 34.6 Å². The second-order valence-corrected chi connectivity index (χ2v) is 8.52. The van der Waals surface area contributed by atoms with E-state index < -0.39 is 0 Å². The topological polar surface area (TPSA) is 85.2 Å². The number of methoxy groups -OCH3 is 1. The van der Waals surface area contributed by atoms with Crippen molar-refractivity contribution in [3.8, 4) is 0 Å². The summed E-state index contributed by atoms with van der Waals surface area (Å²) in [6, 6.07) is 24.6. The molecule has 34 heavy (non-hydrogen) atoms. The molecule has 4 rings (SSSR count). The number of para-hydroxylation sites is 3. The third kappa shape index (κ3) is 5.84. The lowest BCUT2D eigenvalue weighted by molar-refractivity contribution is -0.113. The quantitative estimate of drug-likeness (QED) is 0.334. The summed E-state index contributed by atoms with van der Waals surface area (Å²) in [4.78, 5) is 30.2. The molecule has 2 amide bonds. The number of anilines is 1. The van der Waals surface area contributed by atoms with Crippen LogP contribution < -0.4 is 10.6 Å². The molecule has 4 aromatic rings. The van der Waals surface area contributed by atoms with Gasteiger partial charge in [0.25, 0.3) is 5.91 Å². The number of nitrogens with one attached hydrogen (secondary N) is 2. The van der Waals surface area contributed by atoms with Gasteiger partial charge < -0.3 is 19.9 Å². The van der Waals surface area contributed by atoms with Gasteiger partial charge in [-0.3, -0.25) is 9.59 Å². The highest BCUT2D eigenvalue weighted by molar-refractivity contribution is 7.99. The van der Waals surface area contributed by atoms with Crippen molar-refractivity contribution < 1.29 is 14.3 Å². The van der Waals surface area contributed by atoms with E-state index in [1.54, 1.807) is 31.4 Å². The highest BCUT2D eigenvalue weighted by atomic mass is 32.2. The number of rotatable bonds is 10. The van der Waals surface area contributed by atoms with Crippen molar-refractivity contribution in [2.24, 2.45) is 0 Å². The molecule has 0 aliphatic rings. The Hall–Kier alpha value is -3.62. The van der Waals surface area contributed by atoms with Crippen LogP contribution in [-0.4, -0.2) is 40.8 Å². The SMILES string of the molecule is COCCn1c(SCC(=O)Nc2ccccc2C(=O)NCc2ccccc2)nc2ccccc21. The highest BCUT2D eigenvalue weighted by Crippen LogP contribution is 2.24. The van der Waals surface area contributed by atoms with Crippen molar-refractivity contribution in [2.45, 2.75) is 18.2 Å². The first kappa shape index (κ1) is 23.5. The molecule has 0 atom stereocenters. The predicted octanol–water partition coefficient (Wildman–Crippen LogP) is 4.34. The smallest absolute Gasteiger partial charge is 0.253 e. The molecule has 1 heterocycles. The number of thioether (sulfide) groups is 1. The first-order chi connectivity index (χ1) is 16.7. The van der Waals surface area contributed by atoms with Crippen LogP contribution in [0.5, 0.6) is 0 Å². The molecule has 0 bridgehead atoms. The fourth-order valence-electron chi connectivity index (χ4n) is 3.54. The third-order valence-electron chi connectivity index (χ3n) is 5.21. The monoisotopic (exact) mass is 474 g/mol. The number of imidazole rings is 1. The van der Waals surface area contributed by atoms with Crippen molar-refractivity contribution in [3.63, 3.8) is 0 Å². The van der Waals surface area contributed by atoms with Gasteiger partial charge >= 0.3 is 0 Å². The molecule has 0 fully saturated rings. The Balaban J connectivity index is 1.41. The summed E-state index contributed by atoms with van der Waals surface area (Å²) in [7, 11) is 1.66. The van der Waals surface area contributed by atoms with Crippen LogP contribution in [0.1, 0.15) is 15.9 Å². The summed E-state index contributed by atoms with van der Waals surface area (Å²) in [5.41, 5.74) is 3.78. The van der Waals surface area contributed by atoms with Crippen LogP contribution in [-0.2, 0) is 22.6 Å². The van der Waals surface area contributed by atoms with Crippen molar-refractivity contribution in [1.82, 2.24) is 14.9 Å². The average molecular weight is 475 g/mol. The Bertz CT molecular complexity index is 1270. The molecule has 174 valence electrons. The van der Waals surface area contributed by atoms with Crippen LogP contribution in [0.25, 0.3) is 11.0 Å². The molecule has 0 aliphatic carbocycles. The lowest BCUT2D eigenvalue weighted by Crippen LogP contribution is -2.25. The zero-order valence-corrected chi connectivity index (χ0v) is 19.7. The van der Waals surface area contributed by atoms with Crippen LogP contribution >= 0.6 is 11.8 Å². The number of carbonyl (C=O) groups excluding carboxylic acids is 2. The molecule has 0 radical (unpaired) electrons. The number of fused-ring (bicyclic) bond motifs is 1. The third-order valence-corrected chi connectivity index (χ3v) is 6.19. The molecule has 8 heteroatoms. The largest absolute Gasteiger partial charge is 0.383 e. The minimum absolute atomic E-state index is 0.163. The first-order valence-corrected chi connectivity index (χ1v) is 11.9. The molecule has 0 aliphatic heterocycles. The van der Waals surface area contributed by atoms with E-state index in [0.717, 1.165) is 21.8 Å². The molecule has 3 aromatic carbocycles. The molecular weight excluding hydrogens is 448 g/mol. The standard InChI is InChI=1S/C26H26N4O3S/c1-33-16-15-30-23-14-8-7-13-22(23)29-26(30)34-18-24(31)28-21-12-6-5-11-20(21)25(32)27-17-19-9-3-2-4-10-19/h2-14H,15-18H2,1H3,(H,27,32)(H,28,31). The number of amides is 2. The van der Waals surface area contributed by atoms with Crippen LogP contribution in [0.15, 0.2) is 84.0 Å². The number of ether oxygens (including phenoxy) is 1. The Labute approximate surface area is 202 Å². The Morgan fingerprint density at radius 2 is 1.71 bits per heavy atom. The van der Waals surface area contributed by atoms with Crippen LogP contribution in [0.3, 0.4) is 0 Å². The Morgan fingerprint density at radius 3 is 2.53 bits per heavy atom. The van der Waals surface area contributed by atoms with Gasteiger partial charge in [-0.05, 0) is 29.8 Å². The van der Waals surface area contributed by atoms with Gasteiger partial charge in [-0.2, -0.15) is 0 Å². The van der Waals surface area contributed by atoms with Crippen LogP contribution in [0, 0.1) is 0 Å². The van der Waals surface area contributed by atoms with E-state index >= 15 is 0 Å². The zero-order valence-electron chi connectivity index (χ0n) is 18.9. The highest BCUT2D eigenvalue weighted by Gasteiger charge is 2.16. The minimum atomic E-state index is -0.242. The van der Waals surface area contributed by atoms with E-state index in [4.69, 9.17) is 4.74 Å². The van der Waals surface area contributed by atoms with Gasteiger partial charge in [0.2, 0.25) is 5.91 Å². The minimum Gasteiger partial charge on any atom is -0.383 e. The summed E-state index contributed by atoms with van der Waals surface area (Å²) in [6.07, 6.45) is 0. The fraction of sp³-hybridized carbons (Fsp3) is 0.192. The summed E-state index contributed by atoms with van der Waals surface area (Å²) in [6.45, 7) is 1.60. The van der Waals surface area contributed by atoms with E-state index in [0.29, 0.717) is 30.9 Å². The van der Waals surface area contributed by atoms with Crippen molar-refractivity contribution in [1.29, 1.82) is 0 Å². The van der Waals surface area contributed by atoms with Crippen molar-refractivity contribution >= 4 is 40.3 Å². The number of hydrogen-bond donors (Lipinski definition) is 2. The molecular formula is C26H26N4O3S. The maximum atomic E-state index is 12.8. The first-order valence-electron chi connectivity index (χ1n) is 10.9. The number of benzene rings is 3. The lowest BCUT2D eigenvalue weighted by atomic mass is 10.1. The molecule has 0 spiro atoms. The van der Waals surface area contributed by atoms with E-state index in [1.807, 2.05) is 54.6 Å². The van der Waals surface area contributed by atoms with E-state index in [1.165, 1.54) is 11.8 Å². The maximum Gasteiger partial charge on any atom is 0.253 e. The molecule has 0 saturated carbocycles. The zero-order chi connectivity index (χ0) is 23.8. The van der Waals surface area contributed by atoms with Crippen molar-refractivity contribution in [2.75, 3.05) is 24.8 Å². The summed E-state index contributed by atoms with van der Waals surface area (Å²) < 4.78 is 7.29. The predicted molar refractivity (Wildman–Crippen MR) is 135 cm³/mol. The lowest BCUT2D eigenvalue weighted by Gasteiger charge is -2.12. The van der Waals surface area contributed by atoms with Gasteiger partial charge in [-0.25, -0.2) is 4.98 Å². The van der Waals surface area contributed by atoms with Gasteiger partial charge in [-0.15, -0.1) is 0 Å². The number of nitrogens with zero attached hydrogens (tertiary/aromatic N) is 2. The Morgan fingerprint density at radius 1 is 0.971 bits per heavy atom. The molecule has 1 aromatic heterocycles. The normalized spacial score (nSPS) is 10.9. The average Bonchev–Trinajstić information content (AvgIpc) is 3.23. The van der Waals surface area contributed by atoms with Gasteiger partial charge in [0, 0.05) is 20.2 Å². The van der Waals surface area contributed by atoms with E-state index in [2.05, 4.69) is 20.2 Å². The van der Waals surface area contributed by atoms with Gasteiger partial charge in [0.1, 0.15) is 0 Å². The van der Waals surface area contributed by atoms with Gasteiger partial charge in [-0.1, -0.05) is 66.4 Å². The second kappa shape index (κ2) is 11.5. The van der Waals surface area contributed by atoms with Crippen LogP contribution in [0.2, 0.25) is 0 Å². The van der Waals surface area contributed by atoms with Gasteiger partial charge in [0.15, 0.2) is 5.16 Å². The van der Waals surface area contributed by atoms with Crippen LogP contribution in [0.4, 0.5) is 5.69 Å². The molecule has 0 unspecified atom stereocenters. The summed E-state index contributed by atoms with van der Waals surface area (Å²) in [5, 5.41) is 6.53. The second-order valence-electron chi connectivity index (χ2n) is 7.58. The van der Waals surface area contributed by atoms with Crippen molar-refractivity contribution in [3.05, 3.63) is 90.0 Å². The molecule has 2 N–H and O–H groups in total. The maximum absolute atomic E-state index is 12.8. The Kier molecular flexibility index (Phi) is 7.95. The fourth-order valence-corrected chi connectivity index (χ4v) is 4.38. The number of carbonyl (C=O) groups is 2.